The molecule has 8 heteroatoms. The van der Waals surface area contributed by atoms with Gasteiger partial charge >= 0.3 is 0 Å². The molecule has 0 spiro atoms. The Balaban J connectivity index is 1.35. The molecule has 0 atom stereocenters. The number of nitrogens with one attached hydrogen (secondary N) is 1. The zero-order chi connectivity index (χ0) is 23.9. The molecule has 4 rings (SSSR count). The highest BCUT2D eigenvalue weighted by atomic mass is 16.5. The van der Waals surface area contributed by atoms with Crippen LogP contribution in [0.15, 0.2) is 66.7 Å². The Morgan fingerprint density at radius 3 is 2.56 bits per heavy atom. The van der Waals surface area contributed by atoms with Gasteiger partial charge in [0.05, 0.1) is 19.3 Å². The number of para-hydroxylation sites is 2. The van der Waals surface area contributed by atoms with E-state index in [1.165, 1.54) is 7.11 Å². The van der Waals surface area contributed by atoms with Gasteiger partial charge in [0.2, 0.25) is 0 Å². The van der Waals surface area contributed by atoms with E-state index < -0.39 is 0 Å². The Morgan fingerprint density at radius 1 is 1.03 bits per heavy atom. The lowest BCUT2D eigenvalue weighted by atomic mass is 10.2. The minimum Gasteiger partial charge on any atom is -0.493 e. The van der Waals surface area contributed by atoms with Crippen LogP contribution in [0, 0.1) is 6.92 Å². The molecular weight excluding hydrogens is 436 g/mol. The third kappa shape index (κ3) is 5.58. The Morgan fingerprint density at radius 2 is 1.79 bits per heavy atom. The predicted molar refractivity (Wildman–Crippen MR) is 128 cm³/mol. The summed E-state index contributed by atoms with van der Waals surface area (Å²) in [6.45, 7) is 2.47. The number of fused-ring (bicyclic) bond motifs is 1. The largest absolute Gasteiger partial charge is 0.493 e. The monoisotopic (exact) mass is 462 g/mol. The average Bonchev–Trinajstić information content (AvgIpc) is 2.85. The lowest BCUT2D eigenvalue weighted by Gasteiger charge is -2.29. The van der Waals surface area contributed by atoms with Crippen molar-refractivity contribution in [2.75, 3.05) is 43.7 Å². The molecule has 0 fully saturated rings. The molecule has 1 heterocycles. The van der Waals surface area contributed by atoms with E-state index in [9.17, 15) is 9.59 Å². The third-order valence-corrected chi connectivity index (χ3v) is 5.22. The van der Waals surface area contributed by atoms with Gasteiger partial charge in [0.25, 0.3) is 11.8 Å². The van der Waals surface area contributed by atoms with E-state index in [2.05, 4.69) is 5.32 Å². The minimum absolute atomic E-state index is 0.0775. The van der Waals surface area contributed by atoms with Crippen molar-refractivity contribution < 1.29 is 28.5 Å². The third-order valence-electron chi connectivity index (χ3n) is 5.22. The molecule has 3 aromatic carbocycles. The standard InChI is InChI=1S/C26H26N2O6/c1-18-7-10-20(11-8-18)32-14-13-28-21-12-9-19(15-24(21)34-17-26(28)30)27-25(29)16-33-23-6-4-3-5-22(23)31-2/h3-12,15H,13-14,16-17H2,1-2H3,(H,27,29). The molecule has 0 unspecified atom stereocenters. The van der Waals surface area contributed by atoms with E-state index in [0.29, 0.717) is 41.8 Å². The number of benzene rings is 3. The van der Waals surface area contributed by atoms with Crippen LogP contribution in [0.4, 0.5) is 11.4 Å². The summed E-state index contributed by atoms with van der Waals surface area (Å²) in [5, 5.41) is 2.78. The summed E-state index contributed by atoms with van der Waals surface area (Å²) in [5.74, 6) is 1.81. The second kappa shape index (κ2) is 10.6. The Kier molecular flexibility index (Phi) is 7.17. The Hall–Kier alpha value is -4.20. The molecule has 0 saturated carbocycles. The topological polar surface area (TPSA) is 86.3 Å². The summed E-state index contributed by atoms with van der Waals surface area (Å²) in [5.41, 5.74) is 2.32. The molecule has 0 saturated heterocycles. The van der Waals surface area contributed by atoms with Crippen LogP contribution in [0.5, 0.6) is 23.0 Å². The first-order valence-electron chi connectivity index (χ1n) is 10.9. The maximum atomic E-state index is 12.4. The molecule has 8 nitrogen and oxygen atoms in total. The molecule has 1 aliphatic heterocycles. The van der Waals surface area contributed by atoms with E-state index in [-0.39, 0.29) is 25.0 Å². The van der Waals surface area contributed by atoms with Crippen LogP contribution in [0.1, 0.15) is 5.56 Å². The maximum absolute atomic E-state index is 12.4. The van der Waals surface area contributed by atoms with Gasteiger partial charge in [-0.2, -0.15) is 0 Å². The minimum atomic E-state index is -0.332. The number of carbonyl (C=O) groups is 2. The number of hydrogen-bond acceptors (Lipinski definition) is 6. The summed E-state index contributed by atoms with van der Waals surface area (Å²) < 4.78 is 22.1. The number of nitrogens with zero attached hydrogens (tertiary/aromatic N) is 1. The smallest absolute Gasteiger partial charge is 0.265 e. The van der Waals surface area contributed by atoms with Gasteiger partial charge in [0.1, 0.15) is 18.1 Å². The molecule has 0 aromatic heterocycles. The van der Waals surface area contributed by atoms with Crippen molar-refractivity contribution in [2.24, 2.45) is 0 Å². The van der Waals surface area contributed by atoms with Gasteiger partial charge < -0.3 is 29.2 Å². The van der Waals surface area contributed by atoms with Gasteiger partial charge in [0, 0.05) is 11.8 Å². The Bertz CT molecular complexity index is 1160. The van der Waals surface area contributed by atoms with Crippen molar-refractivity contribution in [3.63, 3.8) is 0 Å². The summed E-state index contributed by atoms with van der Waals surface area (Å²) >= 11 is 0. The predicted octanol–water partition coefficient (Wildman–Crippen LogP) is 3.83. The molecule has 2 amide bonds. The fourth-order valence-electron chi connectivity index (χ4n) is 3.50. The number of aryl methyl sites for hydroxylation is 1. The van der Waals surface area contributed by atoms with Gasteiger partial charge in [0.15, 0.2) is 24.7 Å². The fourth-order valence-corrected chi connectivity index (χ4v) is 3.50. The van der Waals surface area contributed by atoms with Gasteiger partial charge in [-0.05, 0) is 43.3 Å². The molecule has 3 aromatic rings. The molecule has 0 radical (unpaired) electrons. The SMILES string of the molecule is COc1ccccc1OCC(=O)Nc1ccc2c(c1)OCC(=O)N2CCOc1ccc(C)cc1. The lowest BCUT2D eigenvalue weighted by Crippen LogP contribution is -2.41. The number of amides is 2. The van der Waals surface area contributed by atoms with Crippen LogP contribution in [0.3, 0.4) is 0 Å². The van der Waals surface area contributed by atoms with Gasteiger partial charge in [-0.25, -0.2) is 0 Å². The zero-order valence-electron chi connectivity index (χ0n) is 19.1. The van der Waals surface area contributed by atoms with Crippen LogP contribution in [0.25, 0.3) is 0 Å². The van der Waals surface area contributed by atoms with Crippen molar-refractivity contribution in [3.8, 4) is 23.0 Å². The van der Waals surface area contributed by atoms with E-state index >= 15 is 0 Å². The average molecular weight is 463 g/mol. The van der Waals surface area contributed by atoms with E-state index in [1.807, 2.05) is 37.3 Å². The number of ether oxygens (including phenoxy) is 4. The van der Waals surface area contributed by atoms with Crippen molar-refractivity contribution >= 4 is 23.2 Å². The fraction of sp³-hybridized carbons (Fsp3) is 0.231. The highest BCUT2D eigenvalue weighted by Gasteiger charge is 2.26. The second-order valence-electron chi connectivity index (χ2n) is 7.67. The van der Waals surface area contributed by atoms with Gasteiger partial charge in [-0.1, -0.05) is 29.8 Å². The molecule has 1 N–H and O–H groups in total. The van der Waals surface area contributed by atoms with Crippen molar-refractivity contribution in [1.82, 2.24) is 0 Å². The Labute approximate surface area is 198 Å². The first-order chi connectivity index (χ1) is 16.5. The van der Waals surface area contributed by atoms with Crippen LogP contribution >= 0.6 is 0 Å². The van der Waals surface area contributed by atoms with Gasteiger partial charge in [-0.15, -0.1) is 0 Å². The summed E-state index contributed by atoms with van der Waals surface area (Å²) in [7, 11) is 1.54. The van der Waals surface area contributed by atoms with Crippen LogP contribution < -0.4 is 29.2 Å². The number of rotatable bonds is 9. The molecule has 176 valence electrons. The molecular formula is C26H26N2O6. The first-order valence-corrected chi connectivity index (χ1v) is 10.9. The summed E-state index contributed by atoms with van der Waals surface area (Å²) in [4.78, 5) is 26.4. The molecule has 0 bridgehead atoms. The van der Waals surface area contributed by atoms with Gasteiger partial charge in [-0.3, -0.25) is 9.59 Å². The summed E-state index contributed by atoms with van der Waals surface area (Å²) in [6.07, 6.45) is 0. The van der Waals surface area contributed by atoms with Crippen LogP contribution in [-0.2, 0) is 9.59 Å². The van der Waals surface area contributed by atoms with E-state index in [1.54, 1.807) is 41.3 Å². The quantitative estimate of drug-likeness (QED) is 0.520. The number of methoxy groups -OCH3 is 1. The zero-order valence-corrected chi connectivity index (χ0v) is 19.1. The summed E-state index contributed by atoms with van der Waals surface area (Å²) in [6, 6.07) is 20.0. The maximum Gasteiger partial charge on any atom is 0.265 e. The number of hydrogen-bond donors (Lipinski definition) is 1. The van der Waals surface area contributed by atoms with Crippen molar-refractivity contribution in [3.05, 3.63) is 72.3 Å². The van der Waals surface area contributed by atoms with Crippen molar-refractivity contribution in [1.29, 1.82) is 0 Å². The normalized spacial score (nSPS) is 12.4. The lowest BCUT2D eigenvalue weighted by molar-refractivity contribution is -0.121. The van der Waals surface area contributed by atoms with Crippen molar-refractivity contribution in [2.45, 2.75) is 6.92 Å². The highest BCUT2D eigenvalue weighted by Crippen LogP contribution is 2.34. The van der Waals surface area contributed by atoms with Crippen LogP contribution in [-0.4, -0.2) is 45.3 Å². The molecule has 0 aliphatic carbocycles. The highest BCUT2D eigenvalue weighted by molar-refractivity contribution is 5.99. The molecule has 34 heavy (non-hydrogen) atoms. The number of anilines is 2. The second-order valence-corrected chi connectivity index (χ2v) is 7.67. The number of carbonyl (C=O) groups excluding carboxylic acids is 2. The van der Waals surface area contributed by atoms with E-state index in [4.69, 9.17) is 18.9 Å². The molecule has 1 aliphatic rings. The first kappa shape index (κ1) is 23.0. The van der Waals surface area contributed by atoms with E-state index in [0.717, 1.165) is 11.3 Å². The van der Waals surface area contributed by atoms with Crippen LogP contribution in [0.2, 0.25) is 0 Å².